The molecule has 4 heteroatoms. The van der Waals surface area contributed by atoms with Crippen LogP contribution in [-0.2, 0) is 4.74 Å². The van der Waals surface area contributed by atoms with Crippen molar-refractivity contribution in [2.24, 2.45) is 11.8 Å². The van der Waals surface area contributed by atoms with E-state index in [9.17, 15) is 0 Å². The quantitative estimate of drug-likeness (QED) is 0.502. The summed E-state index contributed by atoms with van der Waals surface area (Å²) < 4.78 is 5.11. The zero-order valence-electron chi connectivity index (χ0n) is 11.5. The van der Waals surface area contributed by atoms with Gasteiger partial charge >= 0.3 is 0 Å². The first-order valence-electron chi connectivity index (χ1n) is 7.07. The summed E-state index contributed by atoms with van der Waals surface area (Å²) in [6.45, 7) is 4.51. The first-order valence-corrected chi connectivity index (χ1v) is 7.07. The van der Waals surface area contributed by atoms with Crippen molar-refractivity contribution in [3.63, 3.8) is 0 Å². The molecule has 0 aromatic carbocycles. The van der Waals surface area contributed by atoms with E-state index in [1.807, 2.05) is 0 Å². The van der Waals surface area contributed by atoms with Crippen molar-refractivity contribution in [1.29, 1.82) is 0 Å². The van der Waals surface area contributed by atoms with Gasteiger partial charge in [-0.2, -0.15) is 0 Å². The minimum Gasteiger partial charge on any atom is -0.352 e. The summed E-state index contributed by atoms with van der Waals surface area (Å²) in [5, 5.41) is 18.2. The Morgan fingerprint density at radius 3 is 2.47 bits per heavy atom. The van der Waals surface area contributed by atoms with E-state index in [0.29, 0.717) is 0 Å². The molecule has 0 bridgehead atoms. The Morgan fingerprint density at radius 2 is 2.00 bits per heavy atom. The molecular weight excluding hydrogens is 215 g/mol. The molecule has 3 nitrogen and oxygen atoms in total. The molecule has 2 N–H and O–H groups in total. The van der Waals surface area contributed by atoms with Gasteiger partial charge in [-0.05, 0) is 31.1 Å². The SMILES string of the molecule is BC(O)(O)OC1CC(CC(CC)CCCC)C1. The monoisotopic (exact) mass is 242 g/mol. The van der Waals surface area contributed by atoms with Gasteiger partial charge in [-0.3, -0.25) is 0 Å². The molecule has 1 atom stereocenters. The molecule has 1 unspecified atom stereocenters. The van der Waals surface area contributed by atoms with Gasteiger partial charge in [0.05, 0.1) is 6.10 Å². The van der Waals surface area contributed by atoms with Crippen molar-refractivity contribution >= 4 is 7.85 Å². The molecule has 0 radical (unpaired) electrons. The van der Waals surface area contributed by atoms with Crippen molar-refractivity contribution in [3.05, 3.63) is 0 Å². The van der Waals surface area contributed by atoms with Crippen LogP contribution < -0.4 is 0 Å². The van der Waals surface area contributed by atoms with Gasteiger partial charge in [0.25, 0.3) is 0 Å². The maximum Gasteiger partial charge on any atom is 0.225 e. The molecule has 0 aromatic heterocycles. The molecule has 1 rings (SSSR count). The number of rotatable bonds is 8. The zero-order valence-corrected chi connectivity index (χ0v) is 11.5. The summed E-state index contributed by atoms with van der Waals surface area (Å²) in [4.78, 5) is 0. The molecule has 17 heavy (non-hydrogen) atoms. The van der Waals surface area contributed by atoms with Gasteiger partial charge in [0.15, 0.2) is 0 Å². The largest absolute Gasteiger partial charge is 0.352 e. The molecule has 0 spiro atoms. The van der Waals surface area contributed by atoms with E-state index in [1.165, 1.54) is 40.0 Å². The third-order valence-electron chi connectivity index (χ3n) is 3.79. The second-order valence-electron chi connectivity index (χ2n) is 5.66. The molecule has 1 aliphatic carbocycles. The van der Waals surface area contributed by atoms with Crippen molar-refractivity contribution in [2.75, 3.05) is 0 Å². The molecule has 100 valence electrons. The summed E-state index contributed by atoms with van der Waals surface area (Å²) in [5.74, 6) is -0.387. The van der Waals surface area contributed by atoms with Crippen LogP contribution >= 0.6 is 0 Å². The lowest BCUT2D eigenvalue weighted by molar-refractivity contribution is -0.309. The summed E-state index contributed by atoms with van der Waals surface area (Å²) in [7, 11) is 1.27. The Bertz CT molecular complexity index is 209. The lowest BCUT2D eigenvalue weighted by atomic mass is 9.75. The Hall–Kier alpha value is -0.0551. The fraction of sp³-hybridized carbons (Fsp3) is 1.00. The third kappa shape index (κ3) is 5.89. The molecule has 1 fully saturated rings. The van der Waals surface area contributed by atoms with Gasteiger partial charge < -0.3 is 14.9 Å². The Labute approximate surface area is 106 Å². The highest BCUT2D eigenvalue weighted by atomic mass is 16.8. The van der Waals surface area contributed by atoms with Gasteiger partial charge in [0.2, 0.25) is 13.7 Å². The molecule has 1 saturated carbocycles. The third-order valence-corrected chi connectivity index (χ3v) is 3.79. The number of aliphatic hydroxyl groups is 2. The van der Waals surface area contributed by atoms with Crippen LogP contribution in [0.2, 0.25) is 0 Å². The zero-order chi connectivity index (χ0) is 12.9. The Morgan fingerprint density at radius 1 is 1.35 bits per heavy atom. The summed E-state index contributed by atoms with van der Waals surface area (Å²) >= 11 is 0. The standard InChI is InChI=1S/C13H27BO3/c1-3-5-6-10(4-2)7-11-8-12(9-11)17-13(14,15)16/h10-12,15-16H,3-9,14H2,1-2H3. The average Bonchev–Trinajstić information content (AvgIpc) is 2.18. The van der Waals surface area contributed by atoms with Crippen molar-refractivity contribution in [1.82, 2.24) is 0 Å². The van der Waals surface area contributed by atoms with Crippen LogP contribution in [0, 0.1) is 11.8 Å². The molecular formula is C13H27BO3. The van der Waals surface area contributed by atoms with Gasteiger partial charge in [0, 0.05) is 0 Å². The lowest BCUT2D eigenvalue weighted by Gasteiger charge is -2.39. The maximum atomic E-state index is 9.12. The van der Waals surface area contributed by atoms with E-state index in [1.54, 1.807) is 0 Å². The number of hydrogen-bond donors (Lipinski definition) is 2. The number of unbranched alkanes of at least 4 members (excludes halogenated alkanes) is 1. The van der Waals surface area contributed by atoms with Crippen LogP contribution in [0.4, 0.5) is 0 Å². The summed E-state index contributed by atoms with van der Waals surface area (Å²) in [6.07, 6.45) is 8.51. The van der Waals surface area contributed by atoms with Crippen molar-refractivity contribution in [3.8, 4) is 0 Å². The Balaban J connectivity index is 2.15. The molecule has 0 aromatic rings. The van der Waals surface area contributed by atoms with Gasteiger partial charge in [-0.1, -0.05) is 39.5 Å². The predicted molar refractivity (Wildman–Crippen MR) is 71.2 cm³/mol. The molecule has 0 heterocycles. The smallest absolute Gasteiger partial charge is 0.225 e. The van der Waals surface area contributed by atoms with E-state index in [-0.39, 0.29) is 6.10 Å². The molecule has 0 aliphatic heterocycles. The summed E-state index contributed by atoms with van der Waals surface area (Å²) in [6, 6.07) is 0. The van der Waals surface area contributed by atoms with E-state index in [4.69, 9.17) is 14.9 Å². The Kier molecular flexibility index (Phi) is 5.97. The first-order chi connectivity index (χ1) is 7.94. The van der Waals surface area contributed by atoms with Gasteiger partial charge in [0.1, 0.15) is 0 Å². The second kappa shape index (κ2) is 6.76. The topological polar surface area (TPSA) is 49.7 Å². The van der Waals surface area contributed by atoms with E-state index >= 15 is 0 Å². The maximum absolute atomic E-state index is 9.12. The fourth-order valence-electron chi connectivity index (χ4n) is 2.73. The van der Waals surface area contributed by atoms with Crippen molar-refractivity contribution < 1.29 is 14.9 Å². The number of ether oxygens (including phenoxy) is 1. The van der Waals surface area contributed by atoms with Crippen LogP contribution in [0.15, 0.2) is 0 Å². The summed E-state index contributed by atoms with van der Waals surface area (Å²) in [5.41, 5.74) is 0. The highest BCUT2D eigenvalue weighted by Crippen LogP contribution is 2.37. The second-order valence-corrected chi connectivity index (χ2v) is 5.66. The van der Waals surface area contributed by atoms with Crippen LogP contribution in [0.5, 0.6) is 0 Å². The van der Waals surface area contributed by atoms with Gasteiger partial charge in [-0.15, -0.1) is 0 Å². The minimum atomic E-state index is -1.96. The average molecular weight is 242 g/mol. The first kappa shape index (κ1) is 15.0. The molecule has 1 aliphatic rings. The van der Waals surface area contributed by atoms with Crippen molar-refractivity contribution in [2.45, 2.75) is 70.8 Å². The van der Waals surface area contributed by atoms with Crippen LogP contribution in [0.25, 0.3) is 0 Å². The predicted octanol–water partition coefficient (Wildman–Crippen LogP) is 1.62. The van der Waals surface area contributed by atoms with E-state index in [2.05, 4.69) is 13.8 Å². The fourth-order valence-corrected chi connectivity index (χ4v) is 2.73. The van der Waals surface area contributed by atoms with E-state index < -0.39 is 5.87 Å². The molecule has 0 amide bonds. The number of hydrogen-bond acceptors (Lipinski definition) is 3. The van der Waals surface area contributed by atoms with Crippen LogP contribution in [0.1, 0.15) is 58.8 Å². The van der Waals surface area contributed by atoms with Crippen LogP contribution in [-0.4, -0.2) is 30.0 Å². The normalized spacial score (nSPS) is 26.6. The minimum absolute atomic E-state index is 0.0451. The van der Waals surface area contributed by atoms with Crippen LogP contribution in [0.3, 0.4) is 0 Å². The molecule has 0 saturated heterocycles. The van der Waals surface area contributed by atoms with Gasteiger partial charge in [-0.25, -0.2) is 0 Å². The van der Waals surface area contributed by atoms with E-state index in [0.717, 1.165) is 24.7 Å². The lowest BCUT2D eigenvalue weighted by Crippen LogP contribution is -2.43. The highest BCUT2D eigenvalue weighted by molar-refractivity contribution is 6.11. The highest BCUT2D eigenvalue weighted by Gasteiger charge is 2.35.